The molecule has 0 spiro atoms. The number of nitrogens with zero attached hydrogens (tertiary/aromatic N) is 3. The Labute approximate surface area is 152 Å². The summed E-state index contributed by atoms with van der Waals surface area (Å²) < 4.78 is 0. The lowest BCUT2D eigenvalue weighted by molar-refractivity contribution is 0.687. The van der Waals surface area contributed by atoms with Crippen LogP contribution in [0.5, 0.6) is 0 Å². The van der Waals surface area contributed by atoms with E-state index in [4.69, 9.17) is 5.53 Å². The van der Waals surface area contributed by atoms with E-state index in [1.807, 2.05) is 37.5 Å². The first kappa shape index (κ1) is 16.5. The molecule has 4 rings (SSSR count). The van der Waals surface area contributed by atoms with Crippen molar-refractivity contribution in [2.24, 2.45) is 11.0 Å². The van der Waals surface area contributed by atoms with Crippen molar-refractivity contribution in [3.63, 3.8) is 0 Å². The molecule has 1 aliphatic rings. The van der Waals surface area contributed by atoms with Crippen LogP contribution in [-0.2, 0) is 0 Å². The van der Waals surface area contributed by atoms with Crippen molar-refractivity contribution >= 4 is 28.4 Å². The van der Waals surface area contributed by atoms with E-state index in [2.05, 4.69) is 37.6 Å². The predicted octanol–water partition coefficient (Wildman–Crippen LogP) is 4.93. The second-order valence-electron chi connectivity index (χ2n) is 6.80. The third-order valence-corrected chi connectivity index (χ3v) is 4.91. The fourth-order valence-electron chi connectivity index (χ4n) is 3.27. The van der Waals surface area contributed by atoms with Crippen LogP contribution in [0.25, 0.3) is 22.2 Å². The first-order valence-corrected chi connectivity index (χ1v) is 9.06. The zero-order valence-electron chi connectivity index (χ0n) is 15.0. The van der Waals surface area contributed by atoms with Crippen LogP contribution < -0.4 is 10.6 Å². The minimum absolute atomic E-state index is 0.408. The van der Waals surface area contributed by atoms with Gasteiger partial charge >= 0.3 is 0 Å². The van der Waals surface area contributed by atoms with Gasteiger partial charge in [0.25, 0.3) is 0 Å². The van der Waals surface area contributed by atoms with Gasteiger partial charge in [-0.2, -0.15) is 10.1 Å². The van der Waals surface area contributed by atoms with Gasteiger partial charge in [-0.15, -0.1) is 0 Å². The molecule has 4 N–H and O–H groups in total. The Hall–Kier alpha value is -2.96. The lowest BCUT2D eigenvalue weighted by atomic mass is 10.0. The Morgan fingerprint density at radius 1 is 1.38 bits per heavy atom. The van der Waals surface area contributed by atoms with Crippen molar-refractivity contribution in [1.82, 2.24) is 15.0 Å². The molecule has 1 atom stereocenters. The van der Waals surface area contributed by atoms with Gasteiger partial charge in [0, 0.05) is 35.9 Å². The number of aromatic nitrogens is 3. The molecular weight excluding hydrogens is 326 g/mol. The average Bonchev–Trinajstić information content (AvgIpc) is 3.42. The van der Waals surface area contributed by atoms with E-state index < -0.39 is 0 Å². The molecule has 1 aliphatic carbocycles. The maximum Gasteiger partial charge on any atom is 0.224 e. The summed E-state index contributed by atoms with van der Waals surface area (Å²) in [6, 6.07) is 6.25. The van der Waals surface area contributed by atoms with Crippen molar-refractivity contribution in [3.05, 3.63) is 30.6 Å². The van der Waals surface area contributed by atoms with E-state index in [9.17, 15) is 0 Å². The molecule has 0 saturated heterocycles. The van der Waals surface area contributed by atoms with Gasteiger partial charge in [-0.3, -0.25) is 0 Å². The molecule has 7 heteroatoms. The quantitative estimate of drug-likeness (QED) is 0.454. The van der Waals surface area contributed by atoms with Crippen molar-refractivity contribution in [1.29, 1.82) is 5.53 Å². The zero-order chi connectivity index (χ0) is 18.1. The molecule has 0 aliphatic heterocycles. The summed E-state index contributed by atoms with van der Waals surface area (Å²) in [4.78, 5) is 12.4. The van der Waals surface area contributed by atoms with Crippen LogP contribution in [0.3, 0.4) is 0 Å². The molecule has 134 valence electrons. The Bertz CT molecular complexity index is 942. The van der Waals surface area contributed by atoms with Crippen LogP contribution in [0.2, 0.25) is 0 Å². The van der Waals surface area contributed by atoms with Gasteiger partial charge < -0.3 is 15.6 Å². The van der Waals surface area contributed by atoms with Crippen LogP contribution in [0.15, 0.2) is 35.7 Å². The predicted molar refractivity (Wildman–Crippen MR) is 104 cm³/mol. The van der Waals surface area contributed by atoms with Gasteiger partial charge in [0.1, 0.15) is 11.3 Å². The van der Waals surface area contributed by atoms with Gasteiger partial charge in [0.05, 0.1) is 5.69 Å². The second kappa shape index (κ2) is 6.74. The van der Waals surface area contributed by atoms with Crippen LogP contribution in [-0.4, -0.2) is 27.5 Å². The van der Waals surface area contributed by atoms with Crippen LogP contribution in [0, 0.1) is 11.4 Å². The number of hydrogen-bond acceptors (Lipinski definition) is 6. The summed E-state index contributed by atoms with van der Waals surface area (Å²) in [6.07, 6.45) is 6.40. The van der Waals surface area contributed by atoms with Crippen molar-refractivity contribution < 1.29 is 0 Å². The molecule has 0 amide bonds. The summed E-state index contributed by atoms with van der Waals surface area (Å²) in [5.41, 5.74) is 11.7. The molecule has 1 aromatic carbocycles. The third kappa shape index (κ3) is 3.12. The van der Waals surface area contributed by atoms with Crippen molar-refractivity contribution in [2.45, 2.75) is 32.7 Å². The normalized spacial score (nSPS) is 15.0. The van der Waals surface area contributed by atoms with E-state index >= 15 is 0 Å². The van der Waals surface area contributed by atoms with Gasteiger partial charge in [-0.1, -0.05) is 6.07 Å². The molecule has 7 nitrogen and oxygen atoms in total. The first-order chi connectivity index (χ1) is 12.7. The lowest BCUT2D eigenvalue weighted by Crippen LogP contribution is -2.18. The number of hydrogen-bond donors (Lipinski definition) is 4. The third-order valence-electron chi connectivity index (χ3n) is 4.91. The standard InChI is InChI=1S/C19H23N7/c1-3-21-17-8-13(6-7-16(17)26-20)14-9-22-18-15(14)10-23-19(25-18)24-11(2)12-4-5-12/h6-12,20-21H,3-5H2,1-2H3,(H2,22,23,24,25)/t11-/m1/s1. The lowest BCUT2D eigenvalue weighted by Gasteiger charge is -2.12. The van der Waals surface area contributed by atoms with Gasteiger partial charge in [0.2, 0.25) is 5.95 Å². The number of benzene rings is 1. The summed E-state index contributed by atoms with van der Waals surface area (Å²) in [5.74, 6) is 1.42. The highest BCUT2D eigenvalue weighted by molar-refractivity contribution is 5.94. The molecule has 0 radical (unpaired) electrons. The molecule has 1 saturated carbocycles. The Morgan fingerprint density at radius 3 is 2.96 bits per heavy atom. The number of fused-ring (bicyclic) bond motifs is 1. The molecule has 2 heterocycles. The summed E-state index contributed by atoms with van der Waals surface area (Å²) in [7, 11) is 0. The van der Waals surface area contributed by atoms with E-state index in [-0.39, 0.29) is 0 Å². The first-order valence-electron chi connectivity index (χ1n) is 9.06. The number of anilines is 2. The smallest absolute Gasteiger partial charge is 0.224 e. The summed E-state index contributed by atoms with van der Waals surface area (Å²) >= 11 is 0. The fourth-order valence-corrected chi connectivity index (χ4v) is 3.27. The topological polar surface area (TPSA) is 102 Å². The minimum Gasteiger partial charge on any atom is -0.384 e. The Kier molecular flexibility index (Phi) is 4.28. The number of nitrogens with one attached hydrogen (secondary N) is 4. The second-order valence-corrected chi connectivity index (χ2v) is 6.80. The van der Waals surface area contributed by atoms with E-state index in [1.54, 1.807) is 0 Å². The highest BCUT2D eigenvalue weighted by Crippen LogP contribution is 2.35. The van der Waals surface area contributed by atoms with E-state index in [0.717, 1.165) is 40.3 Å². The Balaban J connectivity index is 1.66. The largest absolute Gasteiger partial charge is 0.384 e. The van der Waals surface area contributed by atoms with E-state index in [1.165, 1.54) is 12.8 Å². The molecule has 2 aromatic heterocycles. The van der Waals surface area contributed by atoms with Crippen molar-refractivity contribution in [3.8, 4) is 11.1 Å². The fraction of sp³-hybridized carbons (Fsp3) is 0.368. The SMILES string of the molecule is CCNc1cc(-c2c[nH]c3nc(N[C@H](C)C4CC4)ncc23)ccc1N=N. The van der Waals surface area contributed by atoms with Crippen molar-refractivity contribution in [2.75, 3.05) is 17.2 Å². The van der Waals surface area contributed by atoms with Gasteiger partial charge in [-0.25, -0.2) is 10.5 Å². The van der Waals surface area contributed by atoms with Crippen LogP contribution in [0.4, 0.5) is 17.3 Å². The monoisotopic (exact) mass is 349 g/mol. The average molecular weight is 349 g/mol. The summed E-state index contributed by atoms with van der Waals surface area (Å²) in [5, 5.41) is 11.2. The molecule has 26 heavy (non-hydrogen) atoms. The number of H-pyrrole nitrogens is 1. The zero-order valence-corrected chi connectivity index (χ0v) is 15.0. The number of rotatable bonds is 7. The molecule has 0 unspecified atom stereocenters. The van der Waals surface area contributed by atoms with Gasteiger partial charge in [-0.05, 0) is 50.3 Å². The van der Waals surface area contributed by atoms with Gasteiger partial charge in [0.15, 0.2) is 0 Å². The van der Waals surface area contributed by atoms with Crippen LogP contribution >= 0.6 is 0 Å². The molecule has 1 fully saturated rings. The highest BCUT2D eigenvalue weighted by atomic mass is 15.1. The summed E-state index contributed by atoms with van der Waals surface area (Å²) in [6.45, 7) is 4.99. The minimum atomic E-state index is 0.408. The number of aromatic amines is 1. The molecular formula is C19H23N7. The maximum absolute atomic E-state index is 7.31. The van der Waals surface area contributed by atoms with E-state index in [0.29, 0.717) is 17.7 Å². The Morgan fingerprint density at radius 2 is 2.23 bits per heavy atom. The molecule has 3 aromatic rings. The molecule has 0 bridgehead atoms. The van der Waals surface area contributed by atoms with Crippen LogP contribution in [0.1, 0.15) is 26.7 Å². The maximum atomic E-state index is 7.31. The highest BCUT2D eigenvalue weighted by Gasteiger charge is 2.28.